The summed E-state index contributed by atoms with van der Waals surface area (Å²) in [4.78, 5) is 4.27. The van der Waals surface area contributed by atoms with Crippen molar-refractivity contribution in [3.05, 3.63) is 36.7 Å². The number of hydrogen-bond acceptors (Lipinski definition) is 3. The first-order chi connectivity index (χ1) is 8.82. The van der Waals surface area contributed by atoms with Crippen LogP contribution in [0.5, 0.6) is 0 Å². The number of aromatic nitrogens is 1. The van der Waals surface area contributed by atoms with Crippen molar-refractivity contribution in [2.45, 2.75) is 38.9 Å². The fraction of sp³-hybridized carbons (Fsp3) is 0.400. The first-order valence-electron chi connectivity index (χ1n) is 6.42. The van der Waals surface area contributed by atoms with Crippen LogP contribution in [0.3, 0.4) is 0 Å². The summed E-state index contributed by atoms with van der Waals surface area (Å²) in [6, 6.07) is 1.91. The second-order valence-electron chi connectivity index (χ2n) is 5.70. The third-order valence-corrected chi connectivity index (χ3v) is 3.96. The standard InChI is InChI=1S/C15H20BNO2/c1-7-11-12(9-10-17-13(11)8-2)16-18-14(3,4)15(5,6)19-16/h7-10H,1-2H2,3-6H3. The molecule has 0 aliphatic carbocycles. The van der Waals surface area contributed by atoms with Crippen molar-refractivity contribution in [3.8, 4) is 0 Å². The van der Waals surface area contributed by atoms with Crippen molar-refractivity contribution in [1.29, 1.82) is 0 Å². The third-order valence-electron chi connectivity index (χ3n) is 3.96. The van der Waals surface area contributed by atoms with Gasteiger partial charge in [0.25, 0.3) is 0 Å². The second kappa shape index (κ2) is 4.62. The fourth-order valence-electron chi connectivity index (χ4n) is 2.07. The molecule has 3 nitrogen and oxygen atoms in total. The summed E-state index contributed by atoms with van der Waals surface area (Å²) in [5.74, 6) is 0. The zero-order valence-electron chi connectivity index (χ0n) is 12.1. The van der Waals surface area contributed by atoms with Crippen molar-refractivity contribution >= 4 is 24.7 Å². The first kappa shape index (κ1) is 14.0. The van der Waals surface area contributed by atoms with Crippen LogP contribution in [0.1, 0.15) is 39.0 Å². The molecule has 0 radical (unpaired) electrons. The van der Waals surface area contributed by atoms with Crippen LogP contribution >= 0.6 is 0 Å². The van der Waals surface area contributed by atoms with Crippen LogP contribution in [0.15, 0.2) is 25.4 Å². The summed E-state index contributed by atoms with van der Waals surface area (Å²) in [7, 11) is -0.403. The second-order valence-corrected chi connectivity index (χ2v) is 5.70. The highest BCUT2D eigenvalue weighted by molar-refractivity contribution is 6.63. The zero-order valence-corrected chi connectivity index (χ0v) is 12.1. The van der Waals surface area contributed by atoms with Crippen LogP contribution in [0, 0.1) is 0 Å². The molecular weight excluding hydrogens is 237 g/mol. The largest absolute Gasteiger partial charge is 0.495 e. The smallest absolute Gasteiger partial charge is 0.399 e. The van der Waals surface area contributed by atoms with Crippen molar-refractivity contribution in [1.82, 2.24) is 4.98 Å². The van der Waals surface area contributed by atoms with Gasteiger partial charge >= 0.3 is 7.12 Å². The summed E-state index contributed by atoms with van der Waals surface area (Å²) in [6.07, 6.45) is 5.22. The minimum atomic E-state index is -0.403. The summed E-state index contributed by atoms with van der Waals surface area (Å²) >= 11 is 0. The molecule has 1 saturated heterocycles. The molecule has 1 fully saturated rings. The van der Waals surface area contributed by atoms with Crippen LogP contribution in [-0.2, 0) is 9.31 Å². The zero-order chi connectivity index (χ0) is 14.3. The summed E-state index contributed by atoms with van der Waals surface area (Å²) in [5.41, 5.74) is 1.94. The van der Waals surface area contributed by atoms with Gasteiger partial charge in [-0.25, -0.2) is 0 Å². The Hall–Kier alpha value is -1.39. The van der Waals surface area contributed by atoms with E-state index < -0.39 is 7.12 Å². The monoisotopic (exact) mass is 257 g/mol. The molecule has 0 atom stereocenters. The Morgan fingerprint density at radius 2 is 1.68 bits per heavy atom. The normalized spacial score (nSPS) is 20.3. The lowest BCUT2D eigenvalue weighted by atomic mass is 9.76. The van der Waals surface area contributed by atoms with E-state index in [-0.39, 0.29) is 11.2 Å². The lowest BCUT2D eigenvalue weighted by molar-refractivity contribution is 0.00578. The first-order valence-corrected chi connectivity index (χ1v) is 6.42. The van der Waals surface area contributed by atoms with E-state index in [2.05, 4.69) is 18.1 Å². The number of nitrogens with zero attached hydrogens (tertiary/aromatic N) is 1. The molecule has 0 saturated carbocycles. The molecule has 1 aliphatic heterocycles. The Balaban J connectivity index is 2.45. The van der Waals surface area contributed by atoms with Gasteiger partial charge in [0.15, 0.2) is 0 Å². The molecule has 0 amide bonds. The summed E-state index contributed by atoms with van der Waals surface area (Å²) < 4.78 is 12.1. The van der Waals surface area contributed by atoms with Gasteiger partial charge in [-0.3, -0.25) is 4.98 Å². The lowest BCUT2D eigenvalue weighted by Gasteiger charge is -2.32. The van der Waals surface area contributed by atoms with E-state index in [1.165, 1.54) is 0 Å². The molecule has 19 heavy (non-hydrogen) atoms. The van der Waals surface area contributed by atoms with E-state index in [1.54, 1.807) is 18.3 Å². The maximum atomic E-state index is 6.06. The summed E-state index contributed by atoms with van der Waals surface area (Å²) in [5, 5.41) is 0. The minimum absolute atomic E-state index is 0.353. The van der Waals surface area contributed by atoms with Gasteiger partial charge in [0, 0.05) is 6.20 Å². The van der Waals surface area contributed by atoms with Crippen molar-refractivity contribution < 1.29 is 9.31 Å². The molecule has 2 heterocycles. The Kier molecular flexibility index (Phi) is 3.41. The molecule has 1 aliphatic rings. The van der Waals surface area contributed by atoms with Crippen LogP contribution in [0.4, 0.5) is 0 Å². The van der Waals surface area contributed by atoms with Crippen LogP contribution in [-0.4, -0.2) is 23.3 Å². The van der Waals surface area contributed by atoms with Gasteiger partial charge in [-0.1, -0.05) is 19.2 Å². The Morgan fingerprint density at radius 1 is 1.11 bits per heavy atom. The van der Waals surface area contributed by atoms with E-state index in [0.29, 0.717) is 0 Å². The molecule has 0 spiro atoms. The highest BCUT2D eigenvalue weighted by Crippen LogP contribution is 2.36. The molecule has 100 valence electrons. The van der Waals surface area contributed by atoms with E-state index >= 15 is 0 Å². The van der Waals surface area contributed by atoms with Crippen molar-refractivity contribution in [2.75, 3.05) is 0 Å². The fourth-order valence-corrected chi connectivity index (χ4v) is 2.07. The number of rotatable bonds is 3. The molecular formula is C15H20BNO2. The van der Waals surface area contributed by atoms with Gasteiger partial charge in [-0.2, -0.15) is 0 Å². The molecule has 4 heteroatoms. The van der Waals surface area contributed by atoms with Crippen molar-refractivity contribution in [2.24, 2.45) is 0 Å². The van der Waals surface area contributed by atoms with Crippen LogP contribution < -0.4 is 5.46 Å². The van der Waals surface area contributed by atoms with Gasteiger partial charge in [0.1, 0.15) is 0 Å². The Labute approximate surface area is 115 Å². The third kappa shape index (κ3) is 2.26. The topological polar surface area (TPSA) is 31.4 Å². The van der Waals surface area contributed by atoms with Crippen molar-refractivity contribution in [3.63, 3.8) is 0 Å². The maximum absolute atomic E-state index is 6.06. The molecule has 0 aromatic carbocycles. The van der Waals surface area contributed by atoms with Gasteiger partial charge in [0.05, 0.1) is 16.9 Å². The quantitative estimate of drug-likeness (QED) is 0.780. The average Bonchev–Trinajstić information content (AvgIpc) is 2.57. The molecule has 1 aromatic rings. The SMILES string of the molecule is C=Cc1nccc(B2OC(C)(C)C(C)(C)O2)c1C=C. The predicted octanol–water partition coefficient (Wildman–Crippen LogP) is 2.67. The predicted molar refractivity (Wildman–Crippen MR) is 80.1 cm³/mol. The Bertz CT molecular complexity index is 507. The van der Waals surface area contributed by atoms with Gasteiger partial charge in [-0.05, 0) is 50.9 Å². The van der Waals surface area contributed by atoms with E-state index in [0.717, 1.165) is 16.7 Å². The molecule has 0 bridgehead atoms. The molecule has 0 N–H and O–H groups in total. The molecule has 2 rings (SSSR count). The number of pyridine rings is 1. The van der Waals surface area contributed by atoms with Crippen LogP contribution in [0.25, 0.3) is 12.2 Å². The maximum Gasteiger partial charge on any atom is 0.495 e. The van der Waals surface area contributed by atoms with Gasteiger partial charge in [-0.15, -0.1) is 0 Å². The minimum Gasteiger partial charge on any atom is -0.399 e. The average molecular weight is 257 g/mol. The Morgan fingerprint density at radius 3 is 2.16 bits per heavy atom. The molecule has 1 aromatic heterocycles. The van der Waals surface area contributed by atoms with E-state index in [9.17, 15) is 0 Å². The van der Waals surface area contributed by atoms with Crippen LogP contribution in [0.2, 0.25) is 0 Å². The number of hydrogen-bond donors (Lipinski definition) is 0. The lowest BCUT2D eigenvalue weighted by Crippen LogP contribution is -2.41. The highest BCUT2D eigenvalue weighted by Gasteiger charge is 2.52. The van der Waals surface area contributed by atoms with Gasteiger partial charge in [0.2, 0.25) is 0 Å². The van der Waals surface area contributed by atoms with E-state index in [4.69, 9.17) is 9.31 Å². The van der Waals surface area contributed by atoms with E-state index in [1.807, 2.05) is 33.8 Å². The van der Waals surface area contributed by atoms with Gasteiger partial charge < -0.3 is 9.31 Å². The highest BCUT2D eigenvalue weighted by atomic mass is 16.7. The molecule has 0 unspecified atom stereocenters. The summed E-state index contributed by atoms with van der Waals surface area (Å²) in [6.45, 7) is 15.8.